The number of aliphatic imine (C=N–C) groups is 1. The summed E-state index contributed by atoms with van der Waals surface area (Å²) < 4.78 is 37.3. The Bertz CT molecular complexity index is 530. The Morgan fingerprint density at radius 3 is 2.88 bits per heavy atom. The maximum absolute atomic E-state index is 12.4. The molecule has 1 saturated heterocycles. The van der Waals surface area contributed by atoms with Gasteiger partial charge in [0.1, 0.15) is 0 Å². The predicted octanol–water partition coefficient (Wildman–Crippen LogP) is 2.98. The van der Waals surface area contributed by atoms with Gasteiger partial charge in [0, 0.05) is 31.6 Å². The molecule has 8 heteroatoms. The average Bonchev–Trinajstić information content (AvgIpc) is 3.18. The molecule has 0 aliphatic carbocycles. The van der Waals surface area contributed by atoms with E-state index >= 15 is 0 Å². The van der Waals surface area contributed by atoms with Gasteiger partial charge >= 0.3 is 6.18 Å². The Morgan fingerprint density at radius 2 is 2.24 bits per heavy atom. The maximum Gasteiger partial charge on any atom is 0.401 e. The highest BCUT2D eigenvalue weighted by Gasteiger charge is 2.34. The Morgan fingerprint density at radius 1 is 1.44 bits per heavy atom. The van der Waals surface area contributed by atoms with E-state index in [1.54, 1.807) is 18.4 Å². The van der Waals surface area contributed by atoms with Gasteiger partial charge < -0.3 is 10.6 Å². The van der Waals surface area contributed by atoms with Crippen molar-refractivity contribution >= 4 is 17.3 Å². The summed E-state index contributed by atoms with van der Waals surface area (Å²) in [4.78, 5) is 7.05. The fraction of sp³-hybridized carbons (Fsp3) is 0.706. The van der Waals surface area contributed by atoms with Crippen molar-refractivity contribution in [3.63, 3.8) is 0 Å². The Labute approximate surface area is 151 Å². The normalized spacial score (nSPS) is 20.7. The van der Waals surface area contributed by atoms with Crippen molar-refractivity contribution in [1.29, 1.82) is 0 Å². The lowest BCUT2D eigenvalue weighted by molar-refractivity contribution is -0.143. The number of nitrogens with one attached hydrogen (secondary N) is 2. The van der Waals surface area contributed by atoms with Crippen LogP contribution in [-0.2, 0) is 6.42 Å². The SMILES string of the molecule is CN=C(NCC(C)Cc1cccs1)NCC1CCN(CC(F)(F)F)C1. The quantitative estimate of drug-likeness (QED) is 0.568. The second-order valence-electron chi connectivity index (χ2n) is 6.73. The predicted molar refractivity (Wildman–Crippen MR) is 97.2 cm³/mol. The van der Waals surface area contributed by atoms with Crippen LogP contribution < -0.4 is 10.6 Å². The van der Waals surface area contributed by atoms with Gasteiger partial charge in [-0.25, -0.2) is 0 Å². The van der Waals surface area contributed by atoms with E-state index < -0.39 is 12.7 Å². The lowest BCUT2D eigenvalue weighted by Crippen LogP contribution is -2.42. The number of rotatable bonds is 7. The third-order valence-electron chi connectivity index (χ3n) is 4.30. The van der Waals surface area contributed by atoms with Gasteiger partial charge in [0.15, 0.2) is 5.96 Å². The number of halogens is 3. The molecule has 1 aromatic rings. The average molecular weight is 376 g/mol. The molecule has 25 heavy (non-hydrogen) atoms. The molecule has 2 atom stereocenters. The van der Waals surface area contributed by atoms with Gasteiger partial charge in [-0.3, -0.25) is 9.89 Å². The third-order valence-corrected chi connectivity index (χ3v) is 5.20. The summed E-state index contributed by atoms with van der Waals surface area (Å²) in [6, 6.07) is 4.20. The molecule has 0 spiro atoms. The van der Waals surface area contributed by atoms with Crippen LogP contribution in [0.3, 0.4) is 0 Å². The first-order chi connectivity index (χ1) is 11.9. The van der Waals surface area contributed by atoms with Gasteiger partial charge in [-0.1, -0.05) is 13.0 Å². The van der Waals surface area contributed by atoms with E-state index in [0.29, 0.717) is 31.5 Å². The van der Waals surface area contributed by atoms with Crippen molar-refractivity contribution in [2.45, 2.75) is 25.9 Å². The first-order valence-corrected chi connectivity index (χ1v) is 9.49. The van der Waals surface area contributed by atoms with Crippen molar-refractivity contribution < 1.29 is 13.2 Å². The molecule has 0 bridgehead atoms. The van der Waals surface area contributed by atoms with E-state index in [1.807, 2.05) is 0 Å². The van der Waals surface area contributed by atoms with Crippen LogP contribution >= 0.6 is 11.3 Å². The summed E-state index contributed by atoms with van der Waals surface area (Å²) >= 11 is 1.76. The molecule has 0 saturated carbocycles. The lowest BCUT2D eigenvalue weighted by Gasteiger charge is -2.19. The van der Waals surface area contributed by atoms with E-state index in [2.05, 4.69) is 40.1 Å². The van der Waals surface area contributed by atoms with Crippen LogP contribution in [-0.4, -0.2) is 56.8 Å². The second-order valence-corrected chi connectivity index (χ2v) is 7.76. The van der Waals surface area contributed by atoms with Gasteiger partial charge in [-0.05, 0) is 42.7 Å². The van der Waals surface area contributed by atoms with Crippen LogP contribution in [0.4, 0.5) is 13.2 Å². The molecule has 1 aliphatic heterocycles. The molecular weight excluding hydrogens is 349 g/mol. The zero-order valence-electron chi connectivity index (χ0n) is 14.8. The van der Waals surface area contributed by atoms with Crippen molar-refractivity contribution in [3.05, 3.63) is 22.4 Å². The molecule has 1 aliphatic rings. The highest BCUT2D eigenvalue weighted by atomic mass is 32.1. The molecule has 1 aromatic heterocycles. The zero-order valence-corrected chi connectivity index (χ0v) is 15.6. The monoisotopic (exact) mass is 376 g/mol. The van der Waals surface area contributed by atoms with Gasteiger partial charge in [0.05, 0.1) is 6.54 Å². The number of guanidine groups is 1. The van der Waals surface area contributed by atoms with E-state index in [9.17, 15) is 13.2 Å². The minimum absolute atomic E-state index is 0.226. The molecular formula is C17H27F3N4S. The summed E-state index contributed by atoms with van der Waals surface area (Å²) in [5.74, 6) is 1.42. The molecule has 4 nitrogen and oxygen atoms in total. The minimum Gasteiger partial charge on any atom is -0.356 e. The Hall–Kier alpha value is -1.28. The van der Waals surface area contributed by atoms with Crippen LogP contribution in [0, 0.1) is 11.8 Å². The summed E-state index contributed by atoms with van der Waals surface area (Å²) in [6.45, 7) is 3.83. The van der Waals surface area contributed by atoms with Gasteiger partial charge in [0.2, 0.25) is 0 Å². The number of thiophene rings is 1. The number of hydrogen-bond donors (Lipinski definition) is 2. The van der Waals surface area contributed by atoms with Crippen LogP contribution in [0.1, 0.15) is 18.2 Å². The van der Waals surface area contributed by atoms with E-state index in [0.717, 1.165) is 19.4 Å². The molecule has 2 rings (SSSR count). The van der Waals surface area contributed by atoms with E-state index in [1.165, 1.54) is 9.78 Å². The Balaban J connectivity index is 1.65. The number of alkyl halides is 3. The van der Waals surface area contributed by atoms with Gasteiger partial charge in [0.25, 0.3) is 0 Å². The fourth-order valence-corrected chi connectivity index (χ4v) is 3.92. The smallest absolute Gasteiger partial charge is 0.356 e. The Kier molecular flexibility index (Phi) is 7.56. The zero-order chi connectivity index (χ0) is 18.3. The number of nitrogens with zero attached hydrogens (tertiary/aromatic N) is 2. The molecule has 2 heterocycles. The molecule has 142 valence electrons. The minimum atomic E-state index is -4.11. The van der Waals surface area contributed by atoms with E-state index in [-0.39, 0.29) is 5.92 Å². The largest absolute Gasteiger partial charge is 0.401 e. The summed E-state index contributed by atoms with van der Waals surface area (Å²) in [6.07, 6.45) is -2.30. The first-order valence-electron chi connectivity index (χ1n) is 8.61. The topological polar surface area (TPSA) is 39.7 Å². The number of likely N-dealkylation sites (tertiary alicyclic amines) is 1. The van der Waals surface area contributed by atoms with Crippen molar-refractivity contribution in [3.8, 4) is 0 Å². The summed E-state index contributed by atoms with van der Waals surface area (Å²) in [5, 5.41) is 8.63. The van der Waals surface area contributed by atoms with E-state index in [4.69, 9.17) is 0 Å². The molecule has 2 N–H and O–H groups in total. The number of hydrogen-bond acceptors (Lipinski definition) is 3. The maximum atomic E-state index is 12.4. The van der Waals surface area contributed by atoms with Crippen LogP contribution in [0.5, 0.6) is 0 Å². The summed E-state index contributed by atoms with van der Waals surface area (Å²) in [7, 11) is 1.71. The van der Waals surface area contributed by atoms with Gasteiger partial charge in [-0.2, -0.15) is 13.2 Å². The molecule has 1 fully saturated rings. The summed E-state index contributed by atoms with van der Waals surface area (Å²) in [5.41, 5.74) is 0. The lowest BCUT2D eigenvalue weighted by atomic mass is 10.1. The molecule has 2 unspecified atom stereocenters. The van der Waals surface area contributed by atoms with Crippen molar-refractivity contribution in [2.24, 2.45) is 16.8 Å². The molecule has 0 radical (unpaired) electrons. The van der Waals surface area contributed by atoms with Crippen LogP contribution in [0.2, 0.25) is 0 Å². The van der Waals surface area contributed by atoms with Crippen LogP contribution in [0.15, 0.2) is 22.5 Å². The fourth-order valence-electron chi connectivity index (χ4n) is 3.05. The molecule has 0 aromatic carbocycles. The highest BCUT2D eigenvalue weighted by Crippen LogP contribution is 2.22. The standard InChI is InChI=1S/C17H27F3N4S/c1-13(8-15-4-3-7-25-15)9-22-16(21-2)23-10-14-5-6-24(11-14)12-17(18,19)20/h3-4,7,13-14H,5-6,8-12H2,1-2H3,(H2,21,22,23). The van der Waals surface area contributed by atoms with Crippen molar-refractivity contribution in [1.82, 2.24) is 15.5 Å². The van der Waals surface area contributed by atoms with Gasteiger partial charge in [-0.15, -0.1) is 11.3 Å². The third kappa shape index (κ3) is 7.64. The first kappa shape index (κ1) is 20.0. The van der Waals surface area contributed by atoms with Crippen LogP contribution in [0.25, 0.3) is 0 Å². The highest BCUT2D eigenvalue weighted by molar-refractivity contribution is 7.09. The van der Waals surface area contributed by atoms with Crippen molar-refractivity contribution in [2.75, 3.05) is 39.8 Å². The molecule has 0 amide bonds. The second kappa shape index (κ2) is 9.43.